The van der Waals surface area contributed by atoms with Gasteiger partial charge < -0.3 is 9.80 Å². The summed E-state index contributed by atoms with van der Waals surface area (Å²) < 4.78 is 0. The fraction of sp³-hybridized carbons (Fsp3) is 0.519. The molecule has 2 aliphatic heterocycles. The molecule has 2 aromatic rings. The van der Waals surface area contributed by atoms with Crippen molar-refractivity contribution in [1.82, 2.24) is 0 Å². The number of carbonyl (C=O) groups is 1. The van der Waals surface area contributed by atoms with Crippen LogP contribution in [0.3, 0.4) is 0 Å². The molecule has 3 heteroatoms. The number of carbonyl (C=O) groups excluding carboxylic acids is 1. The summed E-state index contributed by atoms with van der Waals surface area (Å²) in [5, 5.41) is 0. The van der Waals surface area contributed by atoms with Crippen molar-refractivity contribution < 1.29 is 4.79 Å². The zero-order valence-corrected chi connectivity index (χ0v) is 18.5. The number of anilines is 2. The van der Waals surface area contributed by atoms with Crippen molar-refractivity contribution in [1.29, 1.82) is 0 Å². The quantitative estimate of drug-likeness (QED) is 0.678. The van der Waals surface area contributed by atoms with Crippen LogP contribution in [0.4, 0.5) is 11.4 Å². The summed E-state index contributed by atoms with van der Waals surface area (Å²) in [5.74, 6) is 0.571. The lowest BCUT2D eigenvalue weighted by atomic mass is 9.88. The van der Waals surface area contributed by atoms with Gasteiger partial charge >= 0.3 is 0 Å². The molecule has 0 amide bonds. The van der Waals surface area contributed by atoms with Crippen molar-refractivity contribution >= 4 is 17.2 Å². The lowest BCUT2D eigenvalue weighted by Crippen LogP contribution is -2.29. The maximum atomic E-state index is 13.5. The van der Waals surface area contributed by atoms with E-state index in [-0.39, 0.29) is 11.8 Å². The Morgan fingerprint density at radius 1 is 0.767 bits per heavy atom. The Morgan fingerprint density at radius 2 is 1.23 bits per heavy atom. The maximum absolute atomic E-state index is 13.5. The largest absolute Gasteiger partial charge is 0.372 e. The minimum atomic E-state index is 0.0699. The van der Waals surface area contributed by atoms with Gasteiger partial charge in [-0.1, -0.05) is 24.3 Å². The SMILES string of the molecule is CCN1CCCc2cc(C3CCC(c4ccc5c(c4)CCCN5CC)C3=O)ccc21. The van der Waals surface area contributed by atoms with Crippen molar-refractivity contribution in [3.8, 4) is 0 Å². The smallest absolute Gasteiger partial charge is 0.147 e. The van der Waals surface area contributed by atoms with Crippen molar-refractivity contribution in [3.05, 3.63) is 58.7 Å². The highest BCUT2D eigenvalue weighted by atomic mass is 16.1. The molecule has 2 heterocycles. The number of rotatable bonds is 4. The van der Waals surface area contributed by atoms with E-state index in [1.807, 2.05) is 0 Å². The Balaban J connectivity index is 1.38. The molecule has 0 radical (unpaired) electrons. The van der Waals surface area contributed by atoms with Gasteiger partial charge in [-0.2, -0.15) is 0 Å². The predicted molar refractivity (Wildman–Crippen MR) is 125 cm³/mol. The number of hydrogen-bond acceptors (Lipinski definition) is 3. The first-order chi connectivity index (χ1) is 14.7. The lowest BCUT2D eigenvalue weighted by Gasteiger charge is -2.31. The van der Waals surface area contributed by atoms with Gasteiger partial charge in [0.2, 0.25) is 0 Å². The molecule has 2 unspecified atom stereocenters. The molecule has 30 heavy (non-hydrogen) atoms. The minimum Gasteiger partial charge on any atom is -0.372 e. The van der Waals surface area contributed by atoms with Crippen LogP contribution in [0.2, 0.25) is 0 Å². The van der Waals surface area contributed by atoms with Crippen LogP contribution in [0.15, 0.2) is 36.4 Å². The molecule has 1 fully saturated rings. The van der Waals surface area contributed by atoms with Gasteiger partial charge in [-0.3, -0.25) is 4.79 Å². The molecule has 3 aliphatic rings. The monoisotopic (exact) mass is 402 g/mol. The van der Waals surface area contributed by atoms with E-state index in [1.54, 1.807) is 0 Å². The van der Waals surface area contributed by atoms with Gasteiger partial charge in [-0.05, 0) is 86.8 Å². The second kappa shape index (κ2) is 8.09. The van der Waals surface area contributed by atoms with Gasteiger partial charge in [-0.25, -0.2) is 0 Å². The second-order valence-electron chi connectivity index (χ2n) is 9.23. The Labute approximate surface area is 181 Å². The van der Waals surface area contributed by atoms with Crippen LogP contribution in [0, 0.1) is 0 Å². The van der Waals surface area contributed by atoms with Gasteiger partial charge in [0.25, 0.3) is 0 Å². The Bertz CT molecular complexity index is 874. The first-order valence-corrected chi connectivity index (χ1v) is 12.0. The first kappa shape index (κ1) is 19.7. The summed E-state index contributed by atoms with van der Waals surface area (Å²) in [6, 6.07) is 13.7. The van der Waals surface area contributed by atoms with E-state index in [0.29, 0.717) is 5.78 Å². The van der Waals surface area contributed by atoms with Crippen LogP contribution in [-0.2, 0) is 17.6 Å². The topological polar surface area (TPSA) is 23.6 Å². The van der Waals surface area contributed by atoms with E-state index in [0.717, 1.165) is 51.9 Å². The number of Topliss-reactive ketones (excluding diaryl/α,β-unsaturated/α-hetero) is 1. The second-order valence-corrected chi connectivity index (χ2v) is 9.23. The number of hydrogen-bond donors (Lipinski definition) is 0. The molecule has 0 N–H and O–H groups in total. The molecule has 0 spiro atoms. The summed E-state index contributed by atoms with van der Waals surface area (Å²) in [5.41, 5.74) is 8.12. The third kappa shape index (κ3) is 3.33. The maximum Gasteiger partial charge on any atom is 0.147 e. The molecule has 1 saturated carbocycles. The highest BCUT2D eigenvalue weighted by molar-refractivity contribution is 5.94. The molecule has 1 aliphatic carbocycles. The van der Waals surface area contributed by atoms with Crippen LogP contribution in [0.5, 0.6) is 0 Å². The zero-order valence-electron chi connectivity index (χ0n) is 18.5. The van der Waals surface area contributed by atoms with Gasteiger partial charge in [0.1, 0.15) is 5.78 Å². The highest BCUT2D eigenvalue weighted by Gasteiger charge is 2.37. The van der Waals surface area contributed by atoms with Crippen LogP contribution in [0.1, 0.15) is 73.6 Å². The van der Waals surface area contributed by atoms with E-state index >= 15 is 0 Å². The molecule has 0 saturated heterocycles. The number of ketones is 1. The summed E-state index contributed by atoms with van der Waals surface area (Å²) in [6.07, 6.45) is 6.69. The number of benzene rings is 2. The van der Waals surface area contributed by atoms with Gasteiger partial charge in [0.15, 0.2) is 0 Å². The molecular weight excluding hydrogens is 368 g/mol. The van der Waals surface area contributed by atoms with E-state index in [2.05, 4.69) is 60.0 Å². The zero-order chi connectivity index (χ0) is 20.7. The van der Waals surface area contributed by atoms with Crippen LogP contribution < -0.4 is 9.80 Å². The fourth-order valence-electron chi connectivity index (χ4n) is 6.00. The number of aryl methyl sites for hydroxylation is 2. The van der Waals surface area contributed by atoms with Crippen molar-refractivity contribution in [3.63, 3.8) is 0 Å². The normalized spacial score (nSPS) is 23.5. The molecule has 158 valence electrons. The van der Waals surface area contributed by atoms with Crippen molar-refractivity contribution in [2.24, 2.45) is 0 Å². The number of nitrogens with zero attached hydrogens (tertiary/aromatic N) is 2. The fourth-order valence-corrected chi connectivity index (χ4v) is 6.00. The van der Waals surface area contributed by atoms with Crippen LogP contribution in [-0.4, -0.2) is 32.0 Å². The standard InChI is InChI=1S/C27H34N2O/c1-3-28-15-5-7-21-17-19(9-13-25(21)28)23-11-12-24(27(23)30)20-10-14-26-22(18-20)8-6-16-29(26)4-2/h9-10,13-14,17-18,23-24H,3-8,11-12,15-16H2,1-2H3. The molecular formula is C27H34N2O. The minimum absolute atomic E-state index is 0.0699. The summed E-state index contributed by atoms with van der Waals surface area (Å²) in [4.78, 5) is 18.4. The Hall–Kier alpha value is -2.29. The number of fused-ring (bicyclic) bond motifs is 2. The molecule has 0 aromatic heterocycles. The molecule has 2 atom stereocenters. The average Bonchev–Trinajstić information content (AvgIpc) is 3.18. The predicted octanol–water partition coefficient (Wildman–Crippen LogP) is 5.46. The summed E-state index contributed by atoms with van der Waals surface area (Å²) in [7, 11) is 0. The van der Waals surface area contributed by atoms with E-state index in [9.17, 15) is 4.79 Å². The Kier molecular flexibility index (Phi) is 5.30. The lowest BCUT2D eigenvalue weighted by molar-refractivity contribution is -0.119. The molecule has 2 aromatic carbocycles. The summed E-state index contributed by atoms with van der Waals surface area (Å²) in [6.45, 7) is 8.89. The molecule has 3 nitrogen and oxygen atoms in total. The van der Waals surface area contributed by atoms with Crippen LogP contribution in [0.25, 0.3) is 0 Å². The third-order valence-corrected chi connectivity index (χ3v) is 7.64. The summed E-state index contributed by atoms with van der Waals surface area (Å²) >= 11 is 0. The van der Waals surface area contributed by atoms with E-state index < -0.39 is 0 Å². The van der Waals surface area contributed by atoms with Gasteiger partial charge in [0, 0.05) is 49.4 Å². The highest BCUT2D eigenvalue weighted by Crippen LogP contribution is 2.43. The Morgan fingerprint density at radius 3 is 1.67 bits per heavy atom. The van der Waals surface area contributed by atoms with Gasteiger partial charge in [0.05, 0.1) is 0 Å². The first-order valence-electron chi connectivity index (χ1n) is 12.0. The molecule has 5 rings (SSSR count). The molecule has 0 bridgehead atoms. The van der Waals surface area contributed by atoms with Crippen LogP contribution >= 0.6 is 0 Å². The van der Waals surface area contributed by atoms with E-state index in [1.165, 1.54) is 46.5 Å². The van der Waals surface area contributed by atoms with Gasteiger partial charge in [-0.15, -0.1) is 0 Å². The average molecular weight is 403 g/mol. The van der Waals surface area contributed by atoms with E-state index in [4.69, 9.17) is 0 Å². The third-order valence-electron chi connectivity index (χ3n) is 7.64. The van der Waals surface area contributed by atoms with Crippen molar-refractivity contribution in [2.75, 3.05) is 36.0 Å². The van der Waals surface area contributed by atoms with Crippen molar-refractivity contribution in [2.45, 2.75) is 64.2 Å².